The molecule has 1 amide bonds. The molecule has 2 aliphatic rings. The first-order valence-corrected chi connectivity index (χ1v) is 11.3. The molecule has 4 nitrogen and oxygen atoms in total. The molecule has 1 heterocycles. The van der Waals surface area contributed by atoms with Crippen molar-refractivity contribution in [1.29, 1.82) is 0 Å². The Labute approximate surface area is 182 Å². The Morgan fingerprint density at radius 3 is 1.83 bits per heavy atom. The van der Waals surface area contributed by atoms with Crippen LogP contribution in [0.1, 0.15) is 114 Å². The second-order valence-electron chi connectivity index (χ2n) is 9.92. The van der Waals surface area contributed by atoms with Crippen LogP contribution in [0.2, 0.25) is 0 Å². The van der Waals surface area contributed by atoms with Crippen LogP contribution in [0.15, 0.2) is 0 Å². The van der Waals surface area contributed by atoms with Gasteiger partial charge in [0.15, 0.2) is 0 Å². The number of aliphatic hydroxyl groups is 1. The van der Waals surface area contributed by atoms with Crippen LogP contribution in [0.3, 0.4) is 0 Å². The molecule has 1 aliphatic heterocycles. The molecule has 2 rings (SSSR count). The molecule has 0 radical (unpaired) electrons. The number of amides is 1. The maximum absolute atomic E-state index is 12.0. The van der Waals surface area contributed by atoms with Crippen molar-refractivity contribution < 1.29 is 14.6 Å². The van der Waals surface area contributed by atoms with Gasteiger partial charge in [-0.2, -0.15) is 0 Å². The van der Waals surface area contributed by atoms with E-state index in [2.05, 4.69) is 13.8 Å². The van der Waals surface area contributed by atoms with E-state index in [0.717, 1.165) is 19.5 Å². The third kappa shape index (κ3) is 13.2. The van der Waals surface area contributed by atoms with Crippen molar-refractivity contribution in [2.45, 2.75) is 126 Å². The average Bonchev–Trinajstić information content (AvgIpc) is 2.97. The van der Waals surface area contributed by atoms with Crippen LogP contribution in [0.4, 0.5) is 4.79 Å². The fraction of sp³-hybridized carbons (Fsp3) is 0.960. The molecule has 1 saturated heterocycles. The van der Waals surface area contributed by atoms with Gasteiger partial charge < -0.3 is 14.7 Å². The largest absolute Gasteiger partial charge is 0.444 e. The predicted octanol–water partition coefficient (Wildman–Crippen LogP) is 7.29. The molecule has 2 fully saturated rings. The van der Waals surface area contributed by atoms with Crippen molar-refractivity contribution in [2.24, 2.45) is 17.8 Å². The van der Waals surface area contributed by atoms with Crippen molar-refractivity contribution in [3.8, 4) is 0 Å². The lowest BCUT2D eigenvalue weighted by atomic mass is 9.91. The number of hydrogen-bond acceptors (Lipinski definition) is 3. The van der Waals surface area contributed by atoms with E-state index in [-0.39, 0.29) is 27.1 Å². The lowest BCUT2D eigenvalue weighted by Gasteiger charge is -2.29. The number of ether oxygens (including phenoxy) is 1. The van der Waals surface area contributed by atoms with E-state index in [4.69, 9.17) is 4.74 Å². The average molecular weight is 416 g/mol. The van der Waals surface area contributed by atoms with Crippen LogP contribution >= 0.6 is 0 Å². The second-order valence-corrected chi connectivity index (χ2v) is 9.92. The molecule has 29 heavy (non-hydrogen) atoms. The molecule has 1 N–H and O–H groups in total. The minimum Gasteiger partial charge on any atom is -0.444 e. The maximum Gasteiger partial charge on any atom is 0.410 e. The zero-order chi connectivity index (χ0) is 20.4. The van der Waals surface area contributed by atoms with Crippen molar-refractivity contribution in [2.75, 3.05) is 13.1 Å². The van der Waals surface area contributed by atoms with E-state index < -0.39 is 5.60 Å². The molecule has 0 spiro atoms. The number of carbonyl (C=O) groups is 1. The third-order valence-electron chi connectivity index (χ3n) is 5.88. The highest BCUT2D eigenvalue weighted by Gasteiger charge is 2.27. The normalized spacial score (nSPS) is 22.1. The Balaban J connectivity index is 0. The van der Waals surface area contributed by atoms with Gasteiger partial charge in [-0.05, 0) is 71.1 Å². The van der Waals surface area contributed by atoms with Gasteiger partial charge in [-0.3, -0.25) is 0 Å². The minimum atomic E-state index is -0.392. The number of carbonyl (C=O) groups excluding carboxylic acids is 1. The Bertz CT molecular complexity index is 407. The first kappa shape index (κ1) is 30.4. The van der Waals surface area contributed by atoms with Gasteiger partial charge in [-0.25, -0.2) is 4.79 Å². The smallest absolute Gasteiger partial charge is 0.410 e. The summed E-state index contributed by atoms with van der Waals surface area (Å²) >= 11 is 0. The predicted molar refractivity (Wildman–Crippen MR) is 126 cm³/mol. The minimum absolute atomic E-state index is 0. The Morgan fingerprint density at radius 1 is 0.897 bits per heavy atom. The molecule has 2 unspecified atom stereocenters. The summed E-state index contributed by atoms with van der Waals surface area (Å²) in [7, 11) is 0. The van der Waals surface area contributed by atoms with E-state index in [9.17, 15) is 9.90 Å². The highest BCUT2D eigenvalue weighted by atomic mass is 16.6. The van der Waals surface area contributed by atoms with E-state index in [1.165, 1.54) is 51.4 Å². The molecular formula is C25H53NO3. The zero-order valence-electron chi connectivity index (χ0n) is 18.8. The Kier molecular flexibility index (Phi) is 15.8. The summed E-state index contributed by atoms with van der Waals surface area (Å²) in [6.45, 7) is 13.9. The van der Waals surface area contributed by atoms with Gasteiger partial charge in [0.1, 0.15) is 5.60 Å². The number of aliphatic hydroxyl groups excluding tert-OH is 1. The third-order valence-corrected chi connectivity index (χ3v) is 5.88. The summed E-state index contributed by atoms with van der Waals surface area (Å²) < 4.78 is 5.45. The van der Waals surface area contributed by atoms with Gasteiger partial charge in [0.25, 0.3) is 0 Å². The molecule has 0 aromatic heterocycles. The van der Waals surface area contributed by atoms with E-state index in [1.807, 2.05) is 32.6 Å². The molecule has 0 aromatic carbocycles. The van der Waals surface area contributed by atoms with Gasteiger partial charge >= 0.3 is 6.09 Å². The monoisotopic (exact) mass is 415 g/mol. The quantitative estimate of drug-likeness (QED) is 0.482. The summed E-state index contributed by atoms with van der Waals surface area (Å²) in [5.41, 5.74) is -0.392. The number of rotatable bonds is 2. The van der Waals surface area contributed by atoms with Crippen molar-refractivity contribution >= 4 is 6.09 Å². The molecular weight excluding hydrogens is 362 g/mol. The summed E-state index contributed by atoms with van der Waals surface area (Å²) in [6, 6.07) is 0. The Hall–Kier alpha value is -0.770. The first-order chi connectivity index (χ1) is 12.6. The lowest BCUT2D eigenvalue weighted by Crippen LogP contribution is -2.39. The molecule has 0 aromatic rings. The van der Waals surface area contributed by atoms with Crippen LogP contribution in [0.5, 0.6) is 0 Å². The number of nitrogens with zero attached hydrogens (tertiary/aromatic N) is 1. The van der Waals surface area contributed by atoms with Crippen LogP contribution < -0.4 is 0 Å². The lowest BCUT2D eigenvalue weighted by molar-refractivity contribution is 0.0223. The topological polar surface area (TPSA) is 49.8 Å². The molecule has 0 bridgehead atoms. The summed E-state index contributed by atoms with van der Waals surface area (Å²) in [6.07, 6.45) is 11.2. The second kappa shape index (κ2) is 15.1. The Morgan fingerprint density at radius 2 is 1.38 bits per heavy atom. The summed E-state index contributed by atoms with van der Waals surface area (Å²) in [5.74, 6) is 1.85. The fourth-order valence-corrected chi connectivity index (χ4v) is 4.00. The van der Waals surface area contributed by atoms with Crippen LogP contribution in [-0.2, 0) is 4.74 Å². The molecule has 1 saturated carbocycles. The van der Waals surface area contributed by atoms with E-state index in [0.29, 0.717) is 17.8 Å². The van der Waals surface area contributed by atoms with Gasteiger partial charge in [-0.15, -0.1) is 0 Å². The first-order valence-electron chi connectivity index (χ1n) is 11.3. The SMILES string of the molecule is C.C.CC(C)C1CCCCN(C(=O)OC(C)(C)C)C1.CC(O)C1CCCCCC1. The van der Waals surface area contributed by atoms with Gasteiger partial charge in [-0.1, -0.05) is 60.8 Å². The zero-order valence-corrected chi connectivity index (χ0v) is 18.8. The van der Waals surface area contributed by atoms with Crippen molar-refractivity contribution in [3.63, 3.8) is 0 Å². The summed E-state index contributed by atoms with van der Waals surface area (Å²) in [5, 5.41) is 9.30. The number of hydrogen-bond donors (Lipinski definition) is 1. The van der Waals surface area contributed by atoms with Gasteiger partial charge in [0.05, 0.1) is 6.10 Å². The van der Waals surface area contributed by atoms with E-state index >= 15 is 0 Å². The van der Waals surface area contributed by atoms with Crippen LogP contribution in [-0.4, -0.2) is 40.9 Å². The molecule has 4 heteroatoms. The molecule has 176 valence electrons. The fourth-order valence-electron chi connectivity index (χ4n) is 4.00. The molecule has 1 aliphatic carbocycles. The van der Waals surface area contributed by atoms with Gasteiger partial charge in [0.2, 0.25) is 0 Å². The van der Waals surface area contributed by atoms with Crippen LogP contribution in [0, 0.1) is 17.8 Å². The maximum atomic E-state index is 12.0. The molecule has 2 atom stereocenters. The summed E-state index contributed by atoms with van der Waals surface area (Å²) in [4.78, 5) is 13.9. The standard InChI is InChI=1S/C14H27NO2.C9H18O.2CH4/c1-11(2)12-8-6-7-9-15(10-12)13(16)17-14(3,4)5;1-8(10)9-6-4-2-3-5-7-9;;/h11-12H,6-10H2,1-5H3;8-10H,2-7H2,1H3;2*1H4. The van der Waals surface area contributed by atoms with Gasteiger partial charge in [0, 0.05) is 13.1 Å². The van der Waals surface area contributed by atoms with E-state index in [1.54, 1.807) is 0 Å². The van der Waals surface area contributed by atoms with Crippen LogP contribution in [0.25, 0.3) is 0 Å². The number of likely N-dealkylation sites (tertiary alicyclic amines) is 1. The van der Waals surface area contributed by atoms with Crippen molar-refractivity contribution in [3.05, 3.63) is 0 Å². The highest BCUT2D eigenvalue weighted by Crippen LogP contribution is 2.25. The van der Waals surface area contributed by atoms with Crippen molar-refractivity contribution in [1.82, 2.24) is 4.90 Å². The highest BCUT2D eigenvalue weighted by molar-refractivity contribution is 5.68.